The van der Waals surface area contributed by atoms with Crippen molar-refractivity contribution in [1.82, 2.24) is 5.32 Å². The summed E-state index contributed by atoms with van der Waals surface area (Å²) in [7, 11) is 0.167. The van der Waals surface area contributed by atoms with Crippen LogP contribution in [-0.2, 0) is 4.74 Å². The summed E-state index contributed by atoms with van der Waals surface area (Å²) in [5.41, 5.74) is 0.190. The summed E-state index contributed by atoms with van der Waals surface area (Å²) in [6, 6.07) is 0. The minimum atomic E-state index is -1.54. The molecule has 0 bridgehead atoms. The molecule has 0 saturated carbocycles. The Morgan fingerprint density at radius 2 is 2.23 bits per heavy atom. The van der Waals surface area contributed by atoms with E-state index in [-0.39, 0.29) is 5.61 Å². The zero-order valence-electron chi connectivity index (χ0n) is 8.11. The van der Waals surface area contributed by atoms with Crippen molar-refractivity contribution >= 4 is 12.7 Å². The fourth-order valence-corrected chi connectivity index (χ4v) is 0.609. The average Bonchev–Trinajstić information content (AvgIpc) is 2.05. The molecule has 0 aromatic rings. The molecule has 0 atom stereocenters. The van der Waals surface area contributed by atoms with Crippen LogP contribution < -0.4 is 5.32 Å². The van der Waals surface area contributed by atoms with Gasteiger partial charge in [0, 0.05) is 12.7 Å². The molecule has 0 spiro atoms. The zero-order valence-corrected chi connectivity index (χ0v) is 8.11. The lowest BCUT2D eigenvalue weighted by Crippen LogP contribution is -2.23. The fraction of sp³-hybridized carbons (Fsp3) is 0.571. The first-order valence-corrected chi connectivity index (χ1v) is 4.03. The van der Waals surface area contributed by atoms with Crippen molar-refractivity contribution in [2.75, 3.05) is 13.7 Å². The van der Waals surface area contributed by atoms with E-state index in [4.69, 9.17) is 14.8 Å². The Bertz CT molecular complexity index is 204. The molecule has 0 fully saturated rings. The van der Waals surface area contributed by atoms with Crippen LogP contribution in [0.1, 0.15) is 13.8 Å². The Labute approximate surface area is 78.3 Å². The molecule has 0 unspecified atom stereocenters. The van der Waals surface area contributed by atoms with Crippen LogP contribution >= 0.6 is 0 Å². The third-order valence-electron chi connectivity index (χ3n) is 1.22. The molecule has 0 rings (SSSR count). The number of aliphatic imine (C=N–C) groups is 1. The molecular weight excluding hydrogens is 171 g/mol. The molecule has 3 N–H and O–H groups in total. The van der Waals surface area contributed by atoms with Crippen LogP contribution in [0.2, 0.25) is 0 Å². The largest absolute Gasteiger partial charge is 0.503 e. The Kier molecular flexibility index (Phi) is 6.00. The summed E-state index contributed by atoms with van der Waals surface area (Å²) in [5, 5.41) is 20.2. The van der Waals surface area contributed by atoms with Crippen molar-refractivity contribution < 1.29 is 14.8 Å². The topological polar surface area (TPSA) is 74.1 Å². The third kappa shape index (κ3) is 5.27. The minimum Gasteiger partial charge on any atom is -0.477 e. The van der Waals surface area contributed by atoms with Gasteiger partial charge in [0.25, 0.3) is 0 Å². The standard InChI is InChI=1S/C7H15BN2O3/c1-4-13-7(5-9-3)10-6(2)8(11)12/h5,9,11-12H,4H2,1-3H3/b7-5+,10-6+. The van der Waals surface area contributed by atoms with Crippen molar-refractivity contribution in [3.8, 4) is 0 Å². The first-order valence-electron chi connectivity index (χ1n) is 4.03. The van der Waals surface area contributed by atoms with Crippen molar-refractivity contribution in [3.63, 3.8) is 0 Å². The second-order valence-corrected chi connectivity index (χ2v) is 2.33. The van der Waals surface area contributed by atoms with Crippen LogP contribution in [0, 0.1) is 0 Å². The van der Waals surface area contributed by atoms with Gasteiger partial charge in [-0.3, -0.25) is 0 Å². The van der Waals surface area contributed by atoms with Gasteiger partial charge in [0.15, 0.2) is 0 Å². The number of nitrogens with zero attached hydrogens (tertiary/aromatic N) is 1. The smallest absolute Gasteiger partial charge is 0.477 e. The SMILES string of the molecule is CCOC(=C/NC)/N=C(\C)B(O)O. The Morgan fingerprint density at radius 1 is 1.62 bits per heavy atom. The van der Waals surface area contributed by atoms with E-state index in [1.165, 1.54) is 13.1 Å². The molecule has 0 aliphatic heterocycles. The molecule has 0 aliphatic rings. The number of ether oxygens (including phenoxy) is 1. The minimum absolute atomic E-state index is 0.190. The van der Waals surface area contributed by atoms with Crippen molar-refractivity contribution in [1.29, 1.82) is 0 Å². The first-order chi connectivity index (χ1) is 6.11. The molecule has 0 radical (unpaired) electrons. The molecule has 0 aliphatic carbocycles. The van der Waals surface area contributed by atoms with Gasteiger partial charge >= 0.3 is 7.12 Å². The molecule has 13 heavy (non-hydrogen) atoms. The highest BCUT2D eigenvalue weighted by Crippen LogP contribution is 1.98. The number of nitrogens with one attached hydrogen (secondary N) is 1. The predicted molar refractivity (Wildman–Crippen MR) is 52.1 cm³/mol. The number of rotatable bonds is 5. The van der Waals surface area contributed by atoms with E-state index in [1.54, 1.807) is 7.05 Å². The van der Waals surface area contributed by atoms with Gasteiger partial charge in [-0.2, -0.15) is 0 Å². The molecule has 0 heterocycles. The highest BCUT2D eigenvalue weighted by molar-refractivity contribution is 6.79. The average molecular weight is 186 g/mol. The van der Waals surface area contributed by atoms with Crippen molar-refractivity contribution in [2.24, 2.45) is 4.99 Å². The molecule has 0 aromatic carbocycles. The van der Waals surface area contributed by atoms with E-state index < -0.39 is 7.12 Å². The summed E-state index contributed by atoms with van der Waals surface area (Å²) in [5.74, 6) is 0.329. The van der Waals surface area contributed by atoms with Gasteiger partial charge in [0.05, 0.1) is 12.8 Å². The first kappa shape index (κ1) is 12.0. The van der Waals surface area contributed by atoms with Gasteiger partial charge in [0.2, 0.25) is 5.88 Å². The quantitative estimate of drug-likeness (QED) is 0.308. The van der Waals surface area contributed by atoms with Crippen LogP contribution in [0.15, 0.2) is 17.1 Å². The van der Waals surface area contributed by atoms with E-state index >= 15 is 0 Å². The van der Waals surface area contributed by atoms with Gasteiger partial charge in [0.1, 0.15) is 0 Å². The van der Waals surface area contributed by atoms with Crippen molar-refractivity contribution in [2.45, 2.75) is 13.8 Å². The number of hydrogen-bond donors (Lipinski definition) is 3. The molecular formula is C7H15BN2O3. The lowest BCUT2D eigenvalue weighted by molar-refractivity contribution is 0.225. The maximum Gasteiger partial charge on any atom is 0.503 e. The maximum absolute atomic E-state index is 8.73. The lowest BCUT2D eigenvalue weighted by Gasteiger charge is -2.04. The molecule has 0 amide bonds. The van der Waals surface area contributed by atoms with E-state index in [1.807, 2.05) is 6.92 Å². The van der Waals surface area contributed by atoms with E-state index in [2.05, 4.69) is 10.3 Å². The summed E-state index contributed by atoms with van der Waals surface area (Å²) >= 11 is 0. The second kappa shape index (κ2) is 6.50. The predicted octanol–water partition coefficient (Wildman–Crippen LogP) is -0.486. The normalized spacial score (nSPS) is 12.7. The highest BCUT2D eigenvalue weighted by Gasteiger charge is 2.11. The van der Waals surface area contributed by atoms with Gasteiger partial charge in [-0.05, 0) is 13.8 Å². The van der Waals surface area contributed by atoms with E-state index in [0.717, 1.165) is 0 Å². The van der Waals surface area contributed by atoms with Crippen LogP contribution in [0.5, 0.6) is 0 Å². The summed E-state index contributed by atoms with van der Waals surface area (Å²) in [6.07, 6.45) is 1.54. The van der Waals surface area contributed by atoms with Gasteiger partial charge in [-0.25, -0.2) is 4.99 Å². The lowest BCUT2D eigenvalue weighted by atomic mass is 9.85. The second-order valence-electron chi connectivity index (χ2n) is 2.33. The summed E-state index contributed by atoms with van der Waals surface area (Å²) in [4.78, 5) is 3.85. The van der Waals surface area contributed by atoms with Gasteiger partial charge in [-0.1, -0.05) is 0 Å². The number of hydrogen-bond acceptors (Lipinski definition) is 5. The van der Waals surface area contributed by atoms with E-state index in [9.17, 15) is 0 Å². The summed E-state index contributed by atoms with van der Waals surface area (Å²) in [6.45, 7) is 3.81. The highest BCUT2D eigenvalue weighted by atomic mass is 16.5. The van der Waals surface area contributed by atoms with Gasteiger partial charge < -0.3 is 20.1 Å². The molecule has 74 valence electrons. The van der Waals surface area contributed by atoms with Crippen LogP contribution in [0.4, 0.5) is 0 Å². The van der Waals surface area contributed by atoms with Crippen LogP contribution in [0.25, 0.3) is 0 Å². The Morgan fingerprint density at radius 3 is 2.62 bits per heavy atom. The van der Waals surface area contributed by atoms with E-state index in [0.29, 0.717) is 12.5 Å². The fourth-order valence-electron chi connectivity index (χ4n) is 0.609. The molecule has 0 aromatic heterocycles. The zero-order chi connectivity index (χ0) is 10.3. The molecule has 5 nitrogen and oxygen atoms in total. The van der Waals surface area contributed by atoms with Crippen LogP contribution in [-0.4, -0.2) is 36.4 Å². The summed E-state index contributed by atoms with van der Waals surface area (Å²) < 4.78 is 5.09. The third-order valence-corrected chi connectivity index (χ3v) is 1.22. The molecule has 6 heteroatoms. The Balaban J connectivity index is 4.40. The molecule has 0 saturated heterocycles. The van der Waals surface area contributed by atoms with Crippen LogP contribution in [0.3, 0.4) is 0 Å². The maximum atomic E-state index is 8.73. The Hall–Kier alpha value is -1.01. The monoisotopic (exact) mass is 186 g/mol. The van der Waals surface area contributed by atoms with Gasteiger partial charge in [-0.15, -0.1) is 0 Å². The van der Waals surface area contributed by atoms with Crippen molar-refractivity contribution in [3.05, 3.63) is 12.1 Å².